The Morgan fingerprint density at radius 2 is 2.15 bits per heavy atom. The fourth-order valence-corrected chi connectivity index (χ4v) is 2.94. The molecule has 0 saturated heterocycles. The van der Waals surface area contributed by atoms with Crippen LogP contribution in [0.3, 0.4) is 0 Å². The van der Waals surface area contributed by atoms with E-state index in [0.717, 1.165) is 24.4 Å². The van der Waals surface area contributed by atoms with Gasteiger partial charge in [0.25, 0.3) is 0 Å². The van der Waals surface area contributed by atoms with Crippen molar-refractivity contribution in [3.8, 4) is 0 Å². The number of nitrogens with zero attached hydrogens (tertiary/aromatic N) is 1. The second-order valence-corrected chi connectivity index (χ2v) is 5.93. The molecule has 3 rings (SSSR count). The minimum atomic E-state index is 0.266. The van der Waals surface area contributed by atoms with E-state index < -0.39 is 0 Å². The third-order valence-corrected chi connectivity index (χ3v) is 4.47. The molecular weight excluding hydrogens is 248 g/mol. The maximum Gasteiger partial charge on any atom is 0.222 e. The topological polar surface area (TPSA) is 36.1 Å². The fourth-order valence-electron chi connectivity index (χ4n) is 2.94. The van der Waals surface area contributed by atoms with Crippen LogP contribution in [0, 0.1) is 5.92 Å². The van der Waals surface area contributed by atoms with Gasteiger partial charge in [-0.15, -0.1) is 0 Å². The molecule has 1 aromatic heterocycles. The molecule has 0 radical (unpaired) electrons. The summed E-state index contributed by atoms with van der Waals surface area (Å²) in [5, 5.41) is 1.24. The van der Waals surface area contributed by atoms with Crippen molar-refractivity contribution in [2.45, 2.75) is 32.1 Å². The number of carbonyl (C=O) groups excluding carboxylic acids is 1. The Hall–Kier alpha value is -1.77. The van der Waals surface area contributed by atoms with E-state index in [1.54, 1.807) is 0 Å². The smallest absolute Gasteiger partial charge is 0.222 e. The van der Waals surface area contributed by atoms with Gasteiger partial charge in [-0.05, 0) is 36.8 Å². The van der Waals surface area contributed by atoms with Gasteiger partial charge in [-0.3, -0.25) is 4.79 Å². The maximum atomic E-state index is 12.2. The quantitative estimate of drug-likeness (QED) is 0.888. The van der Waals surface area contributed by atoms with Gasteiger partial charge < -0.3 is 9.88 Å². The molecule has 3 heteroatoms. The summed E-state index contributed by atoms with van der Waals surface area (Å²) in [6.07, 6.45) is 7.37. The highest BCUT2D eigenvalue weighted by Crippen LogP contribution is 2.27. The lowest BCUT2D eigenvalue weighted by atomic mass is 9.85. The Balaban J connectivity index is 1.56. The maximum absolute atomic E-state index is 12.2. The molecule has 0 bridgehead atoms. The van der Waals surface area contributed by atoms with Crippen LogP contribution in [-0.2, 0) is 11.2 Å². The molecule has 2 aromatic rings. The SMILES string of the molecule is CN(CC1CCC1)C(=O)CCc1c[nH]c2ccccc12. The molecule has 0 aliphatic heterocycles. The second-order valence-electron chi connectivity index (χ2n) is 5.93. The summed E-state index contributed by atoms with van der Waals surface area (Å²) in [5.74, 6) is 1.01. The Morgan fingerprint density at radius 3 is 2.90 bits per heavy atom. The van der Waals surface area contributed by atoms with E-state index in [9.17, 15) is 4.79 Å². The zero-order valence-electron chi connectivity index (χ0n) is 12.1. The van der Waals surface area contributed by atoms with Crippen LogP contribution < -0.4 is 0 Å². The van der Waals surface area contributed by atoms with Crippen molar-refractivity contribution in [2.75, 3.05) is 13.6 Å². The highest BCUT2D eigenvalue weighted by molar-refractivity contribution is 5.84. The average Bonchev–Trinajstić information content (AvgIpc) is 2.83. The Labute approximate surface area is 120 Å². The summed E-state index contributed by atoms with van der Waals surface area (Å²) in [4.78, 5) is 17.3. The van der Waals surface area contributed by atoms with E-state index in [2.05, 4.69) is 17.1 Å². The van der Waals surface area contributed by atoms with Crippen LogP contribution in [0.2, 0.25) is 0 Å². The first-order valence-corrected chi connectivity index (χ1v) is 7.53. The molecule has 106 valence electrons. The normalized spacial score (nSPS) is 15.2. The summed E-state index contributed by atoms with van der Waals surface area (Å²) < 4.78 is 0. The van der Waals surface area contributed by atoms with Crippen LogP contribution >= 0.6 is 0 Å². The zero-order valence-corrected chi connectivity index (χ0v) is 12.1. The van der Waals surface area contributed by atoms with Gasteiger partial charge in [-0.1, -0.05) is 24.6 Å². The molecule has 1 saturated carbocycles. The number of aromatic amines is 1. The number of para-hydroxylation sites is 1. The largest absolute Gasteiger partial charge is 0.361 e. The van der Waals surface area contributed by atoms with E-state index in [1.807, 2.05) is 30.3 Å². The van der Waals surface area contributed by atoms with E-state index in [-0.39, 0.29) is 5.91 Å². The Morgan fingerprint density at radius 1 is 1.35 bits per heavy atom. The van der Waals surface area contributed by atoms with Crippen LogP contribution in [0.4, 0.5) is 0 Å². The van der Waals surface area contributed by atoms with Crippen LogP contribution in [0.5, 0.6) is 0 Å². The van der Waals surface area contributed by atoms with Crippen LogP contribution in [0.1, 0.15) is 31.2 Å². The molecule has 3 nitrogen and oxygen atoms in total. The van der Waals surface area contributed by atoms with Gasteiger partial charge in [0.15, 0.2) is 0 Å². The number of hydrogen-bond donors (Lipinski definition) is 1. The molecule has 0 unspecified atom stereocenters. The highest BCUT2D eigenvalue weighted by atomic mass is 16.2. The number of hydrogen-bond acceptors (Lipinski definition) is 1. The van der Waals surface area contributed by atoms with Crippen LogP contribution in [-0.4, -0.2) is 29.4 Å². The number of amides is 1. The number of aryl methyl sites for hydroxylation is 1. The molecule has 1 fully saturated rings. The summed E-state index contributed by atoms with van der Waals surface area (Å²) in [5.41, 5.74) is 2.39. The summed E-state index contributed by atoms with van der Waals surface area (Å²) >= 11 is 0. The van der Waals surface area contributed by atoms with E-state index in [0.29, 0.717) is 6.42 Å². The lowest BCUT2D eigenvalue weighted by molar-refractivity contribution is -0.130. The fraction of sp³-hybridized carbons (Fsp3) is 0.471. The number of carbonyl (C=O) groups is 1. The van der Waals surface area contributed by atoms with Crippen molar-refractivity contribution in [1.29, 1.82) is 0 Å². The number of aromatic nitrogens is 1. The molecule has 1 heterocycles. The van der Waals surface area contributed by atoms with Gasteiger partial charge in [0.05, 0.1) is 0 Å². The van der Waals surface area contributed by atoms with Crippen molar-refractivity contribution >= 4 is 16.8 Å². The zero-order chi connectivity index (χ0) is 13.9. The van der Waals surface area contributed by atoms with Crippen molar-refractivity contribution in [2.24, 2.45) is 5.92 Å². The van der Waals surface area contributed by atoms with E-state index in [1.165, 1.54) is 30.2 Å². The Bertz CT molecular complexity index is 598. The standard InChI is InChI=1S/C17H22N2O/c1-19(12-13-5-4-6-13)17(20)10-9-14-11-18-16-8-3-2-7-15(14)16/h2-3,7-8,11,13,18H,4-6,9-10,12H2,1H3. The molecule has 1 aliphatic carbocycles. The average molecular weight is 270 g/mol. The lowest BCUT2D eigenvalue weighted by Crippen LogP contribution is -2.34. The van der Waals surface area contributed by atoms with E-state index >= 15 is 0 Å². The first-order chi connectivity index (χ1) is 9.74. The molecule has 0 atom stereocenters. The van der Waals surface area contributed by atoms with Crippen LogP contribution in [0.15, 0.2) is 30.5 Å². The van der Waals surface area contributed by atoms with Gasteiger partial charge in [-0.25, -0.2) is 0 Å². The minimum Gasteiger partial charge on any atom is -0.361 e. The van der Waals surface area contributed by atoms with Gasteiger partial charge in [-0.2, -0.15) is 0 Å². The number of H-pyrrole nitrogens is 1. The number of rotatable bonds is 5. The number of nitrogens with one attached hydrogen (secondary N) is 1. The third kappa shape index (κ3) is 2.72. The second kappa shape index (κ2) is 5.70. The molecule has 1 N–H and O–H groups in total. The van der Waals surface area contributed by atoms with Gasteiger partial charge in [0, 0.05) is 37.1 Å². The van der Waals surface area contributed by atoms with Crippen molar-refractivity contribution in [3.05, 3.63) is 36.0 Å². The molecule has 20 heavy (non-hydrogen) atoms. The van der Waals surface area contributed by atoms with Crippen molar-refractivity contribution in [3.63, 3.8) is 0 Å². The highest BCUT2D eigenvalue weighted by Gasteiger charge is 2.21. The van der Waals surface area contributed by atoms with Gasteiger partial charge >= 0.3 is 0 Å². The predicted octanol–water partition coefficient (Wildman–Crippen LogP) is 3.36. The first-order valence-electron chi connectivity index (χ1n) is 7.53. The minimum absolute atomic E-state index is 0.266. The Kier molecular flexibility index (Phi) is 3.77. The molecular formula is C17H22N2O. The number of benzene rings is 1. The van der Waals surface area contributed by atoms with Crippen LogP contribution in [0.25, 0.3) is 10.9 Å². The molecule has 1 aromatic carbocycles. The molecule has 1 aliphatic rings. The monoisotopic (exact) mass is 270 g/mol. The lowest BCUT2D eigenvalue weighted by Gasteiger charge is -2.30. The van der Waals surface area contributed by atoms with E-state index in [4.69, 9.17) is 0 Å². The summed E-state index contributed by atoms with van der Waals surface area (Å²) in [6.45, 7) is 0.937. The van der Waals surface area contributed by atoms with Gasteiger partial charge in [0.2, 0.25) is 5.91 Å². The number of fused-ring (bicyclic) bond motifs is 1. The third-order valence-electron chi connectivity index (χ3n) is 4.47. The molecule has 1 amide bonds. The summed E-state index contributed by atoms with van der Waals surface area (Å²) in [7, 11) is 1.94. The first kappa shape index (κ1) is 13.2. The predicted molar refractivity (Wildman–Crippen MR) is 81.6 cm³/mol. The van der Waals surface area contributed by atoms with Crippen molar-refractivity contribution < 1.29 is 4.79 Å². The summed E-state index contributed by atoms with van der Waals surface area (Å²) in [6, 6.07) is 8.26. The van der Waals surface area contributed by atoms with Crippen molar-refractivity contribution in [1.82, 2.24) is 9.88 Å². The molecule has 0 spiro atoms. The van der Waals surface area contributed by atoms with Gasteiger partial charge in [0.1, 0.15) is 0 Å².